The third kappa shape index (κ3) is 5.89. The van der Waals surface area contributed by atoms with Gasteiger partial charge >= 0.3 is 6.03 Å². The van der Waals surface area contributed by atoms with Crippen LogP contribution in [0.2, 0.25) is 5.02 Å². The van der Waals surface area contributed by atoms with Crippen molar-refractivity contribution in [3.05, 3.63) is 16.9 Å². The minimum Gasteiger partial charge on any atom is -0.486 e. The Labute approximate surface area is 188 Å². The highest BCUT2D eigenvalue weighted by atomic mass is 35.5. The molecule has 0 unspecified atom stereocenters. The highest BCUT2D eigenvalue weighted by Crippen LogP contribution is 2.37. The van der Waals surface area contributed by atoms with E-state index in [0.29, 0.717) is 13.0 Å². The Kier molecular flexibility index (Phi) is 7.94. The van der Waals surface area contributed by atoms with E-state index in [1.807, 2.05) is 6.92 Å². The highest BCUT2D eigenvalue weighted by molar-refractivity contribution is 6.36. The van der Waals surface area contributed by atoms with Gasteiger partial charge in [-0.25, -0.2) is 18.0 Å². The van der Waals surface area contributed by atoms with E-state index in [9.17, 15) is 18.0 Å². The fourth-order valence-electron chi connectivity index (χ4n) is 3.62. The Balaban J connectivity index is 1.62. The molecular formula is C20H26ClF3N4O4. The number of imidazole rings is 1. The molecule has 1 aliphatic rings. The lowest BCUT2D eigenvalue weighted by Gasteiger charge is -2.29. The SMILES string of the molecule is C[C@@H](CC[C@@H]1CC[C@@H](Oc2nc3c(F)cc(OCC(F)F)c(Cl)c3n2C)CO1)NC(N)=O. The number of primary amides is 1. The van der Waals surface area contributed by atoms with Crippen LogP contribution >= 0.6 is 11.6 Å². The van der Waals surface area contributed by atoms with Crippen LogP contribution in [0.25, 0.3) is 11.0 Å². The number of aromatic nitrogens is 2. The number of aryl methyl sites for hydroxylation is 1. The molecule has 1 aromatic carbocycles. The molecule has 2 amide bonds. The lowest BCUT2D eigenvalue weighted by atomic mass is 10.0. The number of carbonyl (C=O) groups is 1. The minimum absolute atomic E-state index is 0.0226. The molecule has 8 nitrogen and oxygen atoms in total. The van der Waals surface area contributed by atoms with Gasteiger partial charge in [-0.3, -0.25) is 4.57 Å². The van der Waals surface area contributed by atoms with Crippen LogP contribution < -0.4 is 20.5 Å². The minimum atomic E-state index is -2.71. The largest absolute Gasteiger partial charge is 0.486 e. The third-order valence-corrected chi connectivity index (χ3v) is 5.60. The monoisotopic (exact) mass is 478 g/mol. The van der Waals surface area contributed by atoms with Crippen molar-refractivity contribution in [1.29, 1.82) is 0 Å². The summed E-state index contributed by atoms with van der Waals surface area (Å²) >= 11 is 6.26. The number of ether oxygens (including phenoxy) is 3. The van der Waals surface area contributed by atoms with Crippen molar-refractivity contribution in [2.75, 3.05) is 13.2 Å². The molecule has 2 aromatic rings. The molecule has 12 heteroatoms. The predicted molar refractivity (Wildman–Crippen MR) is 112 cm³/mol. The standard InChI is InChI=1S/C20H26ClF3N4O4/c1-10(26-19(25)29)3-4-11-5-6-12(8-30-11)32-20-27-17-13(22)7-14(31-9-15(23)24)16(21)18(17)28(20)2/h7,10-12,15H,3-6,8-9H2,1-2H3,(H3,25,26,29)/t10-,11+,12+/m0/s1. The summed E-state index contributed by atoms with van der Waals surface area (Å²) in [5, 5.41) is 2.61. The number of fused-ring (bicyclic) bond motifs is 1. The van der Waals surface area contributed by atoms with Gasteiger partial charge in [-0.2, -0.15) is 4.98 Å². The fourth-order valence-corrected chi connectivity index (χ4v) is 3.95. The summed E-state index contributed by atoms with van der Waals surface area (Å²) < 4.78 is 57.5. The molecule has 3 N–H and O–H groups in total. The van der Waals surface area contributed by atoms with Gasteiger partial charge in [-0.15, -0.1) is 0 Å². The first-order valence-electron chi connectivity index (χ1n) is 10.2. The topological polar surface area (TPSA) is 101 Å². The summed E-state index contributed by atoms with van der Waals surface area (Å²) in [4.78, 5) is 15.1. The Morgan fingerprint density at radius 1 is 1.47 bits per heavy atom. The molecule has 0 radical (unpaired) electrons. The summed E-state index contributed by atoms with van der Waals surface area (Å²) in [6.45, 7) is 1.30. The normalized spacial score (nSPS) is 19.8. The van der Waals surface area contributed by atoms with Crippen molar-refractivity contribution in [2.45, 2.75) is 57.3 Å². The van der Waals surface area contributed by atoms with Crippen LogP contribution in [-0.2, 0) is 11.8 Å². The predicted octanol–water partition coefficient (Wildman–Crippen LogP) is 3.77. The van der Waals surface area contributed by atoms with Crippen LogP contribution in [0, 0.1) is 5.82 Å². The second-order valence-electron chi connectivity index (χ2n) is 7.78. The van der Waals surface area contributed by atoms with E-state index in [1.165, 1.54) is 4.57 Å². The number of amides is 2. The summed E-state index contributed by atoms with van der Waals surface area (Å²) in [7, 11) is 1.59. The van der Waals surface area contributed by atoms with Gasteiger partial charge in [-0.05, 0) is 32.6 Å². The number of hydrogen-bond donors (Lipinski definition) is 2. The summed E-state index contributed by atoms with van der Waals surface area (Å²) in [6.07, 6.45) is -0.0233. The number of hydrogen-bond acceptors (Lipinski definition) is 5. The molecule has 1 aliphatic heterocycles. The number of carbonyl (C=O) groups excluding carboxylic acids is 1. The first-order chi connectivity index (χ1) is 15.2. The molecular weight excluding hydrogens is 453 g/mol. The molecule has 1 fully saturated rings. The van der Waals surface area contributed by atoms with Crippen molar-refractivity contribution in [1.82, 2.24) is 14.9 Å². The number of alkyl halides is 2. The van der Waals surface area contributed by atoms with Gasteiger partial charge < -0.3 is 25.3 Å². The molecule has 0 saturated carbocycles. The van der Waals surface area contributed by atoms with Gasteiger partial charge in [0.1, 0.15) is 29.0 Å². The zero-order valence-electron chi connectivity index (χ0n) is 17.7. The van der Waals surface area contributed by atoms with E-state index < -0.39 is 24.9 Å². The van der Waals surface area contributed by atoms with E-state index in [-0.39, 0.29) is 46.1 Å². The molecule has 32 heavy (non-hydrogen) atoms. The average molecular weight is 479 g/mol. The molecule has 0 spiro atoms. The first-order valence-corrected chi connectivity index (χ1v) is 10.6. The molecule has 0 aliphatic carbocycles. The maximum atomic E-state index is 14.5. The quantitative estimate of drug-likeness (QED) is 0.571. The molecule has 0 bridgehead atoms. The Morgan fingerprint density at radius 2 is 2.22 bits per heavy atom. The van der Waals surface area contributed by atoms with E-state index >= 15 is 0 Å². The lowest BCUT2D eigenvalue weighted by molar-refractivity contribution is -0.0528. The number of rotatable bonds is 9. The summed E-state index contributed by atoms with van der Waals surface area (Å²) in [5.41, 5.74) is 5.26. The van der Waals surface area contributed by atoms with Gasteiger partial charge in [-0.1, -0.05) is 11.6 Å². The number of nitrogens with zero attached hydrogens (tertiary/aromatic N) is 2. The van der Waals surface area contributed by atoms with E-state index in [2.05, 4.69) is 10.3 Å². The molecule has 1 saturated heterocycles. The van der Waals surface area contributed by atoms with Gasteiger partial charge in [0.05, 0.1) is 18.2 Å². The van der Waals surface area contributed by atoms with Gasteiger partial charge in [0.2, 0.25) is 0 Å². The number of urea groups is 1. The molecule has 3 rings (SSSR count). The van der Waals surface area contributed by atoms with Crippen LogP contribution in [0.1, 0.15) is 32.6 Å². The second-order valence-corrected chi connectivity index (χ2v) is 8.16. The highest BCUT2D eigenvalue weighted by Gasteiger charge is 2.26. The third-order valence-electron chi connectivity index (χ3n) is 5.24. The summed E-state index contributed by atoms with van der Waals surface area (Å²) in [6, 6.07) is 0.478. The van der Waals surface area contributed by atoms with Gasteiger partial charge in [0.25, 0.3) is 12.4 Å². The summed E-state index contributed by atoms with van der Waals surface area (Å²) in [5.74, 6) is -0.937. The number of halogens is 4. The molecule has 178 valence electrons. The van der Waals surface area contributed by atoms with E-state index in [0.717, 1.165) is 25.3 Å². The molecule has 3 atom stereocenters. The zero-order valence-corrected chi connectivity index (χ0v) is 18.5. The average Bonchev–Trinajstić information content (AvgIpc) is 3.05. The number of nitrogens with two attached hydrogens (primary N) is 1. The van der Waals surface area contributed by atoms with Crippen LogP contribution in [0.15, 0.2) is 6.07 Å². The van der Waals surface area contributed by atoms with Crippen molar-refractivity contribution >= 4 is 28.7 Å². The number of nitrogens with one attached hydrogen (secondary N) is 1. The van der Waals surface area contributed by atoms with Crippen LogP contribution in [0.5, 0.6) is 11.8 Å². The smallest absolute Gasteiger partial charge is 0.312 e. The maximum Gasteiger partial charge on any atom is 0.312 e. The van der Waals surface area contributed by atoms with Crippen molar-refractivity contribution in [3.63, 3.8) is 0 Å². The molecule has 2 heterocycles. The van der Waals surface area contributed by atoms with Crippen LogP contribution in [0.4, 0.5) is 18.0 Å². The van der Waals surface area contributed by atoms with Crippen LogP contribution in [0.3, 0.4) is 0 Å². The van der Waals surface area contributed by atoms with Gasteiger partial charge in [0, 0.05) is 19.2 Å². The van der Waals surface area contributed by atoms with Crippen molar-refractivity contribution < 1.29 is 32.2 Å². The Morgan fingerprint density at radius 3 is 2.84 bits per heavy atom. The van der Waals surface area contributed by atoms with Crippen molar-refractivity contribution in [3.8, 4) is 11.8 Å². The maximum absolute atomic E-state index is 14.5. The Bertz CT molecular complexity index is 951. The van der Waals surface area contributed by atoms with Crippen molar-refractivity contribution in [2.24, 2.45) is 12.8 Å². The van der Waals surface area contributed by atoms with Crippen LogP contribution in [-0.4, -0.2) is 53.5 Å². The number of benzene rings is 1. The first kappa shape index (κ1) is 24.2. The second kappa shape index (κ2) is 10.5. The fraction of sp³-hybridized carbons (Fsp3) is 0.600. The lowest BCUT2D eigenvalue weighted by Crippen LogP contribution is -2.38. The zero-order chi connectivity index (χ0) is 23.4. The van der Waals surface area contributed by atoms with Gasteiger partial charge in [0.15, 0.2) is 5.82 Å². The van der Waals surface area contributed by atoms with E-state index in [4.69, 9.17) is 31.5 Å². The van der Waals surface area contributed by atoms with E-state index in [1.54, 1.807) is 7.05 Å². The Hall–Kier alpha value is -2.40. The molecule has 1 aromatic heterocycles.